The van der Waals surface area contributed by atoms with Crippen LogP contribution in [0.4, 0.5) is 0 Å². The summed E-state index contributed by atoms with van der Waals surface area (Å²) in [6, 6.07) is -1.27. The third-order valence-electron chi connectivity index (χ3n) is 2.14. The molecule has 0 saturated carbocycles. The Labute approximate surface area is 94.0 Å². The topological polar surface area (TPSA) is 94.9 Å². The lowest BCUT2D eigenvalue weighted by molar-refractivity contribution is -0.153. The van der Waals surface area contributed by atoms with Crippen molar-refractivity contribution in [1.29, 1.82) is 0 Å². The average Bonchev–Trinajstić information content (AvgIpc) is 2.40. The summed E-state index contributed by atoms with van der Waals surface area (Å²) in [5.74, 6) is -2.84. The number of alkyl halides is 1. The van der Waals surface area contributed by atoms with Crippen LogP contribution in [0.25, 0.3) is 0 Å². The molecule has 1 saturated heterocycles. The molecule has 0 aromatic heterocycles. The molecule has 0 spiro atoms. The van der Waals surface area contributed by atoms with Gasteiger partial charge in [0.15, 0.2) is 0 Å². The van der Waals surface area contributed by atoms with Crippen molar-refractivity contribution in [1.82, 2.24) is 4.90 Å². The van der Waals surface area contributed by atoms with Gasteiger partial charge in [-0.3, -0.25) is 9.59 Å². The Morgan fingerprint density at radius 1 is 1.53 bits per heavy atom. The number of carboxylic acids is 2. The van der Waals surface area contributed by atoms with E-state index in [0.29, 0.717) is 0 Å². The molecule has 0 bridgehead atoms. The Balaban J connectivity index is 2.76. The molecule has 1 aliphatic rings. The van der Waals surface area contributed by atoms with Gasteiger partial charge in [0.1, 0.15) is 6.04 Å². The second-order valence-electron chi connectivity index (χ2n) is 3.30. The molecule has 0 aromatic carbocycles. The quantitative estimate of drug-likeness (QED) is 0.702. The van der Waals surface area contributed by atoms with Gasteiger partial charge in [0.05, 0.1) is 6.42 Å². The van der Waals surface area contributed by atoms with Gasteiger partial charge in [-0.05, 0) is 0 Å². The van der Waals surface area contributed by atoms with Crippen LogP contribution in [0.3, 0.4) is 0 Å². The van der Waals surface area contributed by atoms with Crippen LogP contribution in [-0.4, -0.2) is 50.4 Å². The minimum absolute atomic E-state index is 0.0966. The normalized spacial score (nSPS) is 22.9. The highest BCUT2D eigenvalue weighted by Gasteiger charge is 2.37. The van der Waals surface area contributed by atoms with Gasteiger partial charge in [-0.25, -0.2) is 4.79 Å². The second-order valence-corrected chi connectivity index (χ2v) is 4.59. The lowest BCUT2D eigenvalue weighted by Crippen LogP contribution is -2.43. The van der Waals surface area contributed by atoms with Gasteiger partial charge >= 0.3 is 11.9 Å². The van der Waals surface area contributed by atoms with Crippen molar-refractivity contribution in [3.8, 4) is 0 Å². The Morgan fingerprint density at radius 3 is 2.47 bits per heavy atom. The van der Waals surface area contributed by atoms with Crippen molar-refractivity contribution >= 4 is 33.8 Å². The number of rotatable bonds is 4. The summed E-state index contributed by atoms with van der Waals surface area (Å²) in [5, 5.41) is 17.3. The molecule has 1 amide bonds. The summed E-state index contributed by atoms with van der Waals surface area (Å²) in [6.07, 6.45) is -0.357. The van der Waals surface area contributed by atoms with Gasteiger partial charge in [-0.1, -0.05) is 15.9 Å². The number of likely N-dealkylation sites (tertiary alicyclic amines) is 1. The van der Waals surface area contributed by atoms with E-state index in [9.17, 15) is 14.4 Å². The van der Waals surface area contributed by atoms with E-state index in [1.54, 1.807) is 0 Å². The molecule has 7 heteroatoms. The van der Waals surface area contributed by atoms with Gasteiger partial charge in [0.2, 0.25) is 5.91 Å². The molecule has 1 rings (SSSR count). The molecule has 1 heterocycles. The van der Waals surface area contributed by atoms with E-state index in [-0.39, 0.29) is 23.7 Å². The minimum atomic E-state index is -1.28. The molecular formula is C8H10BrNO5. The first-order valence-electron chi connectivity index (χ1n) is 4.30. The van der Waals surface area contributed by atoms with Crippen molar-refractivity contribution < 1.29 is 24.6 Å². The molecule has 1 fully saturated rings. The summed E-state index contributed by atoms with van der Waals surface area (Å²) in [4.78, 5) is 33.6. The summed E-state index contributed by atoms with van der Waals surface area (Å²) in [6.45, 7) is 0.239. The largest absolute Gasteiger partial charge is 0.481 e. The van der Waals surface area contributed by atoms with Crippen molar-refractivity contribution in [3.63, 3.8) is 0 Å². The maximum Gasteiger partial charge on any atom is 0.327 e. The van der Waals surface area contributed by atoms with E-state index in [0.717, 1.165) is 4.90 Å². The second kappa shape index (κ2) is 4.61. The molecule has 1 aliphatic heterocycles. The molecule has 0 aromatic rings. The van der Waals surface area contributed by atoms with Crippen molar-refractivity contribution in [2.24, 2.45) is 0 Å². The van der Waals surface area contributed by atoms with Gasteiger partial charge < -0.3 is 15.1 Å². The number of hydrogen-bond acceptors (Lipinski definition) is 3. The van der Waals surface area contributed by atoms with Crippen LogP contribution in [0, 0.1) is 0 Å². The number of amides is 1. The van der Waals surface area contributed by atoms with E-state index < -0.39 is 24.4 Å². The lowest BCUT2D eigenvalue weighted by atomic mass is 10.2. The zero-order valence-electron chi connectivity index (χ0n) is 7.72. The van der Waals surface area contributed by atoms with E-state index in [2.05, 4.69) is 15.9 Å². The van der Waals surface area contributed by atoms with E-state index in [1.807, 2.05) is 0 Å². The third-order valence-corrected chi connectivity index (χ3v) is 2.75. The number of carbonyl (C=O) groups excluding carboxylic acids is 1. The minimum Gasteiger partial charge on any atom is -0.481 e. The van der Waals surface area contributed by atoms with Crippen LogP contribution in [0.15, 0.2) is 0 Å². The fraction of sp³-hybridized carbons (Fsp3) is 0.625. The monoisotopic (exact) mass is 279 g/mol. The number of aliphatic carboxylic acids is 2. The van der Waals surface area contributed by atoms with Gasteiger partial charge in [-0.15, -0.1) is 0 Å². The van der Waals surface area contributed by atoms with Crippen molar-refractivity contribution in [2.45, 2.75) is 23.7 Å². The predicted molar refractivity (Wildman–Crippen MR) is 52.7 cm³/mol. The summed E-state index contributed by atoms with van der Waals surface area (Å²) < 4.78 is 0. The van der Waals surface area contributed by atoms with Crippen molar-refractivity contribution in [2.75, 3.05) is 6.54 Å². The maximum absolute atomic E-state index is 11.4. The van der Waals surface area contributed by atoms with E-state index in [4.69, 9.17) is 10.2 Å². The highest BCUT2D eigenvalue weighted by Crippen LogP contribution is 2.21. The van der Waals surface area contributed by atoms with Crippen LogP contribution in [0.1, 0.15) is 12.8 Å². The number of halogens is 1. The molecule has 6 nitrogen and oxygen atoms in total. The average molecular weight is 280 g/mol. The SMILES string of the molecule is O=C(O)C[C@@H](C(=O)O)N1CC(Br)CC1=O. The number of carbonyl (C=O) groups is 3. The maximum atomic E-state index is 11.4. The highest BCUT2D eigenvalue weighted by molar-refractivity contribution is 9.09. The molecule has 2 atom stereocenters. The van der Waals surface area contributed by atoms with Crippen LogP contribution in [0.2, 0.25) is 0 Å². The Bertz CT molecular complexity index is 305. The molecular weight excluding hydrogens is 270 g/mol. The van der Waals surface area contributed by atoms with E-state index >= 15 is 0 Å². The smallest absolute Gasteiger partial charge is 0.327 e. The lowest BCUT2D eigenvalue weighted by Gasteiger charge is -2.22. The fourth-order valence-corrected chi connectivity index (χ4v) is 2.07. The Kier molecular flexibility index (Phi) is 3.67. The molecule has 0 aliphatic carbocycles. The van der Waals surface area contributed by atoms with Gasteiger partial charge in [-0.2, -0.15) is 0 Å². The first-order valence-corrected chi connectivity index (χ1v) is 5.21. The molecule has 15 heavy (non-hydrogen) atoms. The van der Waals surface area contributed by atoms with Crippen LogP contribution < -0.4 is 0 Å². The number of carboxylic acid groups (broad SMARTS) is 2. The predicted octanol–water partition coefficient (Wildman–Crippen LogP) is -0.0899. The van der Waals surface area contributed by atoms with Crippen LogP contribution >= 0.6 is 15.9 Å². The molecule has 84 valence electrons. The number of hydrogen-bond donors (Lipinski definition) is 2. The number of nitrogens with zero attached hydrogens (tertiary/aromatic N) is 1. The first kappa shape index (κ1) is 12.0. The molecule has 0 radical (unpaired) electrons. The van der Waals surface area contributed by atoms with Crippen LogP contribution in [-0.2, 0) is 14.4 Å². The summed E-state index contributed by atoms with van der Waals surface area (Å²) >= 11 is 3.20. The van der Waals surface area contributed by atoms with Crippen molar-refractivity contribution in [3.05, 3.63) is 0 Å². The summed E-state index contributed by atoms with van der Waals surface area (Å²) in [5.41, 5.74) is 0. The third kappa shape index (κ3) is 2.92. The van der Waals surface area contributed by atoms with Crippen LogP contribution in [0.5, 0.6) is 0 Å². The Hall–Kier alpha value is -1.11. The van der Waals surface area contributed by atoms with Gasteiger partial charge in [0.25, 0.3) is 0 Å². The van der Waals surface area contributed by atoms with Gasteiger partial charge in [0, 0.05) is 17.8 Å². The molecule has 2 N–H and O–H groups in total. The fourth-order valence-electron chi connectivity index (χ4n) is 1.48. The standard InChI is InChI=1S/C8H10BrNO5/c9-4-1-6(11)10(3-4)5(8(14)15)2-7(12)13/h4-5H,1-3H2,(H,12,13)(H,14,15)/t4?,5-/m0/s1. The zero-order valence-corrected chi connectivity index (χ0v) is 9.31. The first-order chi connectivity index (χ1) is 6.91. The Morgan fingerprint density at radius 2 is 2.13 bits per heavy atom. The summed E-state index contributed by atoms with van der Waals surface area (Å²) in [7, 11) is 0. The molecule has 1 unspecified atom stereocenters. The zero-order chi connectivity index (χ0) is 11.6. The highest BCUT2D eigenvalue weighted by atomic mass is 79.9. The van der Waals surface area contributed by atoms with E-state index in [1.165, 1.54) is 0 Å².